The second kappa shape index (κ2) is 8.35. The summed E-state index contributed by atoms with van der Waals surface area (Å²) in [5.41, 5.74) is -0.731. The lowest BCUT2D eigenvalue weighted by Gasteiger charge is -2.13. The van der Waals surface area contributed by atoms with E-state index in [-0.39, 0.29) is 17.0 Å². The Labute approximate surface area is 181 Å². The van der Waals surface area contributed by atoms with Gasteiger partial charge in [-0.2, -0.15) is 13.2 Å². The van der Waals surface area contributed by atoms with Gasteiger partial charge in [0, 0.05) is 6.54 Å². The molecule has 0 aliphatic heterocycles. The SMILES string of the molecule is CCCn1c(=O)c2sccc2n2c(SCC(=O)Nc3ccccc3C(F)(F)F)nnc12. The van der Waals surface area contributed by atoms with E-state index in [4.69, 9.17) is 0 Å². The standard InChI is InChI=1S/C19H16F3N5O2S2/c1-2-8-26-16(29)15-13(7-9-30-15)27-17(26)24-25-18(27)31-10-14(28)23-12-6-4-3-5-11(12)19(20,21)22/h3-7,9H,2,8,10H2,1H3,(H,23,28). The molecule has 0 saturated carbocycles. The average molecular weight is 467 g/mol. The van der Waals surface area contributed by atoms with Crippen LogP contribution >= 0.6 is 23.1 Å². The van der Waals surface area contributed by atoms with E-state index < -0.39 is 17.6 Å². The van der Waals surface area contributed by atoms with Crippen molar-refractivity contribution in [3.63, 3.8) is 0 Å². The number of nitrogens with one attached hydrogen (secondary N) is 1. The predicted octanol–water partition coefficient (Wildman–Crippen LogP) is 4.27. The number of anilines is 1. The molecule has 0 saturated heterocycles. The highest BCUT2D eigenvalue weighted by atomic mass is 32.2. The summed E-state index contributed by atoms with van der Waals surface area (Å²) in [5, 5.41) is 12.7. The molecular formula is C19H16F3N5O2S2. The summed E-state index contributed by atoms with van der Waals surface area (Å²) in [6, 6.07) is 6.57. The Morgan fingerprint density at radius 1 is 1.23 bits per heavy atom. The average Bonchev–Trinajstić information content (AvgIpc) is 3.36. The van der Waals surface area contributed by atoms with Crippen molar-refractivity contribution in [2.45, 2.75) is 31.2 Å². The highest BCUT2D eigenvalue weighted by Crippen LogP contribution is 2.34. The largest absolute Gasteiger partial charge is 0.418 e. The molecule has 1 amide bonds. The lowest BCUT2D eigenvalue weighted by atomic mass is 10.1. The van der Waals surface area contributed by atoms with Crippen LogP contribution in [0, 0.1) is 0 Å². The molecule has 0 spiro atoms. The number of para-hydroxylation sites is 1. The maximum atomic E-state index is 13.1. The minimum absolute atomic E-state index is 0.148. The molecule has 0 unspecified atom stereocenters. The molecule has 162 valence electrons. The van der Waals surface area contributed by atoms with Crippen LogP contribution < -0.4 is 10.9 Å². The monoisotopic (exact) mass is 467 g/mol. The van der Waals surface area contributed by atoms with Gasteiger partial charge in [-0.1, -0.05) is 30.8 Å². The van der Waals surface area contributed by atoms with Crippen LogP contribution in [0.2, 0.25) is 0 Å². The van der Waals surface area contributed by atoms with Crippen molar-refractivity contribution in [3.05, 3.63) is 51.6 Å². The first-order valence-electron chi connectivity index (χ1n) is 9.25. The number of hydrogen-bond donors (Lipinski definition) is 1. The van der Waals surface area contributed by atoms with E-state index in [9.17, 15) is 22.8 Å². The first kappa shape index (κ1) is 21.4. The smallest absolute Gasteiger partial charge is 0.325 e. The Kier molecular flexibility index (Phi) is 5.75. The molecule has 3 aromatic heterocycles. The van der Waals surface area contributed by atoms with Gasteiger partial charge in [0.05, 0.1) is 22.5 Å². The second-order valence-electron chi connectivity index (χ2n) is 6.59. The molecule has 3 heterocycles. The Balaban J connectivity index is 1.61. The molecule has 0 atom stereocenters. The number of hydrogen-bond acceptors (Lipinski definition) is 6. The van der Waals surface area contributed by atoms with Crippen molar-refractivity contribution < 1.29 is 18.0 Å². The number of thioether (sulfide) groups is 1. The van der Waals surface area contributed by atoms with Crippen molar-refractivity contribution in [1.29, 1.82) is 0 Å². The Bertz CT molecular complexity index is 1330. The first-order valence-corrected chi connectivity index (χ1v) is 11.1. The van der Waals surface area contributed by atoms with Gasteiger partial charge in [0.25, 0.3) is 5.56 Å². The van der Waals surface area contributed by atoms with Gasteiger partial charge in [-0.05, 0) is 30.0 Å². The summed E-state index contributed by atoms with van der Waals surface area (Å²) in [5.74, 6) is -0.420. The van der Waals surface area contributed by atoms with Crippen molar-refractivity contribution in [2.24, 2.45) is 0 Å². The molecule has 1 aromatic carbocycles. The van der Waals surface area contributed by atoms with E-state index in [2.05, 4.69) is 15.5 Å². The number of alkyl halides is 3. The Hall–Kier alpha value is -2.86. The number of benzene rings is 1. The zero-order chi connectivity index (χ0) is 22.2. The summed E-state index contributed by atoms with van der Waals surface area (Å²) in [4.78, 5) is 25.1. The molecule has 4 rings (SSSR count). The molecule has 0 bridgehead atoms. The van der Waals surface area contributed by atoms with Gasteiger partial charge in [0.1, 0.15) is 4.70 Å². The quantitative estimate of drug-likeness (QED) is 0.429. The highest BCUT2D eigenvalue weighted by molar-refractivity contribution is 7.99. The molecule has 0 aliphatic carbocycles. The Morgan fingerprint density at radius 3 is 2.74 bits per heavy atom. The fraction of sp³-hybridized carbons (Fsp3) is 0.263. The number of thiophene rings is 1. The minimum Gasteiger partial charge on any atom is -0.325 e. The third-order valence-corrected chi connectivity index (χ3v) is 6.29. The zero-order valence-corrected chi connectivity index (χ0v) is 17.8. The fourth-order valence-electron chi connectivity index (χ4n) is 3.17. The summed E-state index contributed by atoms with van der Waals surface area (Å²) in [6.07, 6.45) is -3.85. The summed E-state index contributed by atoms with van der Waals surface area (Å²) in [6.45, 7) is 2.41. The first-order chi connectivity index (χ1) is 14.8. The summed E-state index contributed by atoms with van der Waals surface area (Å²) >= 11 is 2.34. The molecular weight excluding hydrogens is 451 g/mol. The lowest BCUT2D eigenvalue weighted by Crippen LogP contribution is -2.22. The van der Waals surface area contributed by atoms with Crippen molar-refractivity contribution >= 4 is 50.7 Å². The van der Waals surface area contributed by atoms with Crippen molar-refractivity contribution in [2.75, 3.05) is 11.1 Å². The summed E-state index contributed by atoms with van der Waals surface area (Å²) in [7, 11) is 0. The van der Waals surface area contributed by atoms with Crippen LogP contribution in [-0.2, 0) is 17.5 Å². The van der Waals surface area contributed by atoms with Gasteiger partial charge < -0.3 is 5.32 Å². The second-order valence-corrected chi connectivity index (χ2v) is 8.45. The lowest BCUT2D eigenvalue weighted by molar-refractivity contribution is -0.137. The zero-order valence-electron chi connectivity index (χ0n) is 16.1. The molecule has 7 nitrogen and oxygen atoms in total. The number of aromatic nitrogens is 4. The third-order valence-electron chi connectivity index (χ3n) is 4.47. The molecule has 1 N–H and O–H groups in total. The van der Waals surface area contributed by atoms with Crippen LogP contribution in [0.1, 0.15) is 18.9 Å². The van der Waals surface area contributed by atoms with Gasteiger partial charge in [-0.3, -0.25) is 18.6 Å². The summed E-state index contributed by atoms with van der Waals surface area (Å²) < 4.78 is 43.2. The van der Waals surface area contributed by atoms with Crippen LogP contribution in [0.4, 0.5) is 18.9 Å². The van der Waals surface area contributed by atoms with E-state index in [1.165, 1.54) is 34.1 Å². The molecule has 0 radical (unpaired) electrons. The number of halogens is 3. The molecule has 31 heavy (non-hydrogen) atoms. The third kappa shape index (κ3) is 4.04. The van der Waals surface area contributed by atoms with E-state index in [1.807, 2.05) is 6.92 Å². The van der Waals surface area contributed by atoms with Gasteiger partial charge in [-0.25, -0.2) is 0 Å². The van der Waals surface area contributed by atoms with Gasteiger partial charge in [0.15, 0.2) is 5.16 Å². The van der Waals surface area contributed by atoms with Crippen LogP contribution in [-0.4, -0.2) is 30.8 Å². The van der Waals surface area contributed by atoms with Crippen LogP contribution in [0.25, 0.3) is 16.0 Å². The highest BCUT2D eigenvalue weighted by Gasteiger charge is 2.33. The van der Waals surface area contributed by atoms with E-state index >= 15 is 0 Å². The number of rotatable bonds is 6. The van der Waals surface area contributed by atoms with E-state index in [0.717, 1.165) is 24.2 Å². The number of carbonyl (C=O) groups excluding carboxylic acids is 1. The van der Waals surface area contributed by atoms with E-state index in [1.54, 1.807) is 15.8 Å². The van der Waals surface area contributed by atoms with Gasteiger partial charge in [-0.15, -0.1) is 21.5 Å². The molecule has 4 aromatic rings. The maximum Gasteiger partial charge on any atom is 0.418 e. The number of amides is 1. The number of carbonyl (C=O) groups is 1. The molecule has 0 aliphatic rings. The fourth-order valence-corrected chi connectivity index (χ4v) is 4.74. The molecule has 12 heteroatoms. The van der Waals surface area contributed by atoms with Gasteiger partial charge >= 0.3 is 6.18 Å². The normalized spacial score (nSPS) is 12.0. The molecule has 0 fully saturated rings. The number of aryl methyl sites for hydroxylation is 1. The number of nitrogens with zero attached hydrogens (tertiary/aromatic N) is 4. The van der Waals surface area contributed by atoms with E-state index in [0.29, 0.717) is 27.7 Å². The maximum absolute atomic E-state index is 13.1. The topological polar surface area (TPSA) is 81.3 Å². The van der Waals surface area contributed by atoms with Crippen molar-refractivity contribution in [3.8, 4) is 0 Å². The van der Waals surface area contributed by atoms with Crippen LogP contribution in [0.5, 0.6) is 0 Å². The van der Waals surface area contributed by atoms with Gasteiger partial charge in [0.2, 0.25) is 11.7 Å². The van der Waals surface area contributed by atoms with Crippen LogP contribution in [0.3, 0.4) is 0 Å². The Morgan fingerprint density at radius 2 is 2.00 bits per heavy atom. The minimum atomic E-state index is -4.58. The van der Waals surface area contributed by atoms with Crippen molar-refractivity contribution in [1.82, 2.24) is 19.2 Å². The number of fused-ring (bicyclic) bond motifs is 3. The predicted molar refractivity (Wildman–Crippen MR) is 114 cm³/mol. The van der Waals surface area contributed by atoms with Crippen LogP contribution in [0.15, 0.2) is 45.7 Å².